The highest BCUT2D eigenvalue weighted by Gasteiger charge is 2.11. The second-order valence-electron chi connectivity index (χ2n) is 3.32. The molecule has 1 aromatic carbocycles. The molecule has 16 heavy (non-hydrogen) atoms. The maximum absolute atomic E-state index is 13.6. The van der Waals surface area contributed by atoms with Crippen molar-refractivity contribution in [3.63, 3.8) is 0 Å². The van der Waals surface area contributed by atoms with E-state index in [9.17, 15) is 9.18 Å². The molecular weight excluding hydrogens is 225 g/mol. The molecule has 82 valence electrons. The number of hydrogen-bond acceptors (Lipinski definition) is 2. The third kappa shape index (κ3) is 2.12. The quantitative estimate of drug-likeness (QED) is 0.847. The number of carbonyl (C=O) groups excluding carboxylic acids is 1. The summed E-state index contributed by atoms with van der Waals surface area (Å²) in [5, 5.41) is 5.20. The van der Waals surface area contributed by atoms with E-state index in [0.29, 0.717) is 10.6 Å². The summed E-state index contributed by atoms with van der Waals surface area (Å²) in [5.41, 5.74) is 1.23. The van der Waals surface area contributed by atoms with E-state index < -0.39 is 0 Å². The molecule has 0 fully saturated rings. The number of hydrogen-bond donors (Lipinski definition) is 1. The van der Waals surface area contributed by atoms with Gasteiger partial charge in [0.2, 0.25) is 5.91 Å². The second kappa shape index (κ2) is 4.45. The molecule has 1 heterocycles. The van der Waals surface area contributed by atoms with Crippen LogP contribution in [0.25, 0.3) is 11.1 Å². The molecule has 0 aliphatic rings. The molecule has 0 aliphatic carbocycles. The lowest BCUT2D eigenvalue weighted by atomic mass is 10.1. The van der Waals surface area contributed by atoms with Crippen molar-refractivity contribution in [3.8, 4) is 11.1 Å². The van der Waals surface area contributed by atoms with E-state index in [1.165, 1.54) is 24.3 Å². The molecule has 2 nitrogen and oxygen atoms in total. The Kier molecular flexibility index (Phi) is 3.01. The maximum Gasteiger partial charge on any atom is 0.221 e. The molecular formula is C12H10FNOS. The number of benzene rings is 1. The number of thiophene rings is 1. The van der Waals surface area contributed by atoms with Crippen LogP contribution in [0.15, 0.2) is 35.7 Å². The minimum atomic E-state index is -0.285. The van der Waals surface area contributed by atoms with Crippen molar-refractivity contribution in [1.29, 1.82) is 0 Å². The van der Waals surface area contributed by atoms with Crippen molar-refractivity contribution in [2.24, 2.45) is 0 Å². The summed E-state index contributed by atoms with van der Waals surface area (Å²) >= 11 is 1.38. The van der Waals surface area contributed by atoms with Crippen LogP contribution in [-0.2, 0) is 4.79 Å². The number of amides is 1. The third-order valence-corrected chi connectivity index (χ3v) is 2.95. The van der Waals surface area contributed by atoms with Crippen molar-refractivity contribution < 1.29 is 9.18 Å². The van der Waals surface area contributed by atoms with E-state index in [-0.39, 0.29) is 11.7 Å². The zero-order valence-electron chi connectivity index (χ0n) is 8.66. The number of halogens is 1. The highest BCUT2D eigenvalue weighted by Crippen LogP contribution is 2.34. The lowest BCUT2D eigenvalue weighted by molar-refractivity contribution is -0.114. The van der Waals surface area contributed by atoms with E-state index >= 15 is 0 Å². The summed E-state index contributed by atoms with van der Waals surface area (Å²) in [7, 11) is 0. The van der Waals surface area contributed by atoms with Crippen LogP contribution in [0.2, 0.25) is 0 Å². The Morgan fingerprint density at radius 1 is 1.25 bits per heavy atom. The average Bonchev–Trinajstić information content (AvgIpc) is 2.66. The SMILES string of the molecule is CC(=O)Nc1sccc1-c1ccccc1F. The molecule has 0 radical (unpaired) electrons. The van der Waals surface area contributed by atoms with Gasteiger partial charge in [0.25, 0.3) is 0 Å². The molecule has 0 aliphatic heterocycles. The molecule has 0 spiro atoms. The van der Waals surface area contributed by atoms with Gasteiger partial charge in [-0.1, -0.05) is 18.2 Å². The van der Waals surface area contributed by atoms with Crippen LogP contribution in [0, 0.1) is 5.82 Å². The van der Waals surface area contributed by atoms with Crippen molar-refractivity contribution in [3.05, 3.63) is 41.5 Å². The number of rotatable bonds is 2. The number of carbonyl (C=O) groups is 1. The van der Waals surface area contributed by atoms with Gasteiger partial charge in [-0.05, 0) is 17.5 Å². The first kappa shape index (κ1) is 10.8. The minimum absolute atomic E-state index is 0.153. The van der Waals surface area contributed by atoms with Gasteiger partial charge in [0, 0.05) is 18.1 Å². The molecule has 1 amide bonds. The van der Waals surface area contributed by atoms with Gasteiger partial charge in [0.1, 0.15) is 10.8 Å². The first-order valence-electron chi connectivity index (χ1n) is 4.78. The van der Waals surface area contributed by atoms with Crippen LogP contribution in [0.5, 0.6) is 0 Å². The van der Waals surface area contributed by atoms with Gasteiger partial charge in [-0.3, -0.25) is 4.79 Å². The Hall–Kier alpha value is -1.68. The van der Waals surface area contributed by atoms with Gasteiger partial charge >= 0.3 is 0 Å². The minimum Gasteiger partial charge on any atom is -0.317 e. The topological polar surface area (TPSA) is 29.1 Å². The predicted octanol–water partition coefficient (Wildman–Crippen LogP) is 3.51. The van der Waals surface area contributed by atoms with Gasteiger partial charge in [0.05, 0.1) is 0 Å². The van der Waals surface area contributed by atoms with E-state index in [1.54, 1.807) is 24.3 Å². The number of anilines is 1. The standard InChI is InChI=1S/C12H10FNOS/c1-8(15)14-12-10(6-7-16-12)9-4-2-3-5-11(9)13/h2-7H,1H3,(H,14,15). The molecule has 0 bridgehead atoms. The largest absolute Gasteiger partial charge is 0.317 e. The second-order valence-corrected chi connectivity index (χ2v) is 4.24. The van der Waals surface area contributed by atoms with Crippen LogP contribution in [0.3, 0.4) is 0 Å². The summed E-state index contributed by atoms with van der Waals surface area (Å²) in [5.74, 6) is -0.437. The Morgan fingerprint density at radius 3 is 2.69 bits per heavy atom. The fourth-order valence-corrected chi connectivity index (χ4v) is 2.31. The molecule has 4 heteroatoms. The van der Waals surface area contributed by atoms with Crippen LogP contribution in [-0.4, -0.2) is 5.91 Å². The Bertz CT molecular complexity index is 521. The first-order valence-corrected chi connectivity index (χ1v) is 5.66. The fourth-order valence-electron chi connectivity index (χ4n) is 1.46. The van der Waals surface area contributed by atoms with Crippen LogP contribution >= 0.6 is 11.3 Å². The van der Waals surface area contributed by atoms with E-state index in [1.807, 2.05) is 5.38 Å². The summed E-state index contributed by atoms with van der Waals surface area (Å²) in [6, 6.07) is 8.32. The molecule has 0 saturated carbocycles. The van der Waals surface area contributed by atoms with Gasteiger partial charge in [-0.2, -0.15) is 0 Å². The van der Waals surface area contributed by atoms with Crippen LogP contribution in [0.1, 0.15) is 6.92 Å². The lowest BCUT2D eigenvalue weighted by Crippen LogP contribution is -2.05. The monoisotopic (exact) mass is 235 g/mol. The summed E-state index contributed by atoms with van der Waals surface area (Å²) in [6.07, 6.45) is 0. The molecule has 1 N–H and O–H groups in total. The first-order chi connectivity index (χ1) is 7.68. The van der Waals surface area contributed by atoms with Crippen LogP contribution in [0.4, 0.5) is 9.39 Å². The fraction of sp³-hybridized carbons (Fsp3) is 0.0833. The highest BCUT2D eigenvalue weighted by atomic mass is 32.1. The van der Waals surface area contributed by atoms with Gasteiger partial charge in [-0.25, -0.2) is 4.39 Å². The zero-order valence-corrected chi connectivity index (χ0v) is 9.48. The van der Waals surface area contributed by atoms with Crippen molar-refractivity contribution in [2.75, 3.05) is 5.32 Å². The van der Waals surface area contributed by atoms with Gasteiger partial charge < -0.3 is 5.32 Å². The third-order valence-electron chi connectivity index (χ3n) is 2.12. The van der Waals surface area contributed by atoms with E-state index in [0.717, 1.165) is 5.56 Å². The molecule has 0 atom stereocenters. The van der Waals surface area contributed by atoms with E-state index in [4.69, 9.17) is 0 Å². The predicted molar refractivity (Wildman–Crippen MR) is 64.0 cm³/mol. The average molecular weight is 235 g/mol. The molecule has 2 rings (SSSR count). The smallest absolute Gasteiger partial charge is 0.221 e. The maximum atomic E-state index is 13.6. The molecule has 0 saturated heterocycles. The molecule has 1 aromatic heterocycles. The lowest BCUT2D eigenvalue weighted by Gasteiger charge is -2.05. The normalized spacial score (nSPS) is 10.1. The highest BCUT2D eigenvalue weighted by molar-refractivity contribution is 7.15. The van der Waals surface area contributed by atoms with Crippen molar-refractivity contribution >= 4 is 22.2 Å². The summed E-state index contributed by atoms with van der Waals surface area (Å²) < 4.78 is 13.6. The van der Waals surface area contributed by atoms with Crippen LogP contribution < -0.4 is 5.32 Å². The number of nitrogens with one attached hydrogen (secondary N) is 1. The van der Waals surface area contributed by atoms with Gasteiger partial charge in [0.15, 0.2) is 0 Å². The zero-order chi connectivity index (χ0) is 11.5. The van der Waals surface area contributed by atoms with Crippen molar-refractivity contribution in [2.45, 2.75) is 6.92 Å². The summed E-state index contributed by atoms with van der Waals surface area (Å²) in [4.78, 5) is 11.0. The summed E-state index contributed by atoms with van der Waals surface area (Å²) in [6.45, 7) is 1.44. The Morgan fingerprint density at radius 2 is 2.00 bits per heavy atom. The Labute approximate surface area is 96.7 Å². The van der Waals surface area contributed by atoms with E-state index in [2.05, 4.69) is 5.32 Å². The van der Waals surface area contributed by atoms with Gasteiger partial charge in [-0.15, -0.1) is 11.3 Å². The molecule has 2 aromatic rings. The van der Waals surface area contributed by atoms with Crippen molar-refractivity contribution in [1.82, 2.24) is 0 Å². The Balaban J connectivity index is 2.45. The molecule has 0 unspecified atom stereocenters.